The molecule has 0 N–H and O–H groups in total. The summed E-state index contributed by atoms with van der Waals surface area (Å²) < 4.78 is 49.0. The van der Waals surface area contributed by atoms with Crippen LogP contribution in [0.15, 0.2) is 72.3 Å². The quantitative estimate of drug-likeness (QED) is 0.311. The first-order valence-electron chi connectivity index (χ1n) is 12.4. The van der Waals surface area contributed by atoms with Crippen molar-refractivity contribution in [3.05, 3.63) is 101 Å². The van der Waals surface area contributed by atoms with E-state index in [4.69, 9.17) is 4.74 Å². The van der Waals surface area contributed by atoms with E-state index in [2.05, 4.69) is 19.1 Å². The van der Waals surface area contributed by atoms with Crippen LogP contribution in [0.2, 0.25) is 0 Å². The van der Waals surface area contributed by atoms with E-state index < -0.39 is 11.6 Å². The molecule has 1 fully saturated rings. The second kappa shape index (κ2) is 10.2. The van der Waals surface area contributed by atoms with Crippen LogP contribution in [0.25, 0.3) is 28.3 Å². The van der Waals surface area contributed by atoms with Crippen molar-refractivity contribution >= 4 is 6.08 Å². The highest BCUT2D eigenvalue weighted by Crippen LogP contribution is 2.36. The van der Waals surface area contributed by atoms with Crippen LogP contribution < -0.4 is 0 Å². The number of hydrogen-bond donors (Lipinski definition) is 0. The largest absolute Gasteiger partial charge is 0.368 e. The summed E-state index contributed by atoms with van der Waals surface area (Å²) in [5.41, 5.74) is 4.26. The molecule has 5 rings (SSSR count). The van der Waals surface area contributed by atoms with E-state index in [1.165, 1.54) is 30.9 Å². The first-order chi connectivity index (χ1) is 17.0. The van der Waals surface area contributed by atoms with Gasteiger partial charge in [0.25, 0.3) is 0 Å². The predicted molar refractivity (Wildman–Crippen MR) is 135 cm³/mol. The molecule has 0 amide bonds. The molecule has 0 radical (unpaired) electrons. The Morgan fingerprint density at radius 1 is 0.886 bits per heavy atom. The molecule has 2 atom stereocenters. The van der Waals surface area contributed by atoms with Crippen molar-refractivity contribution in [2.45, 2.75) is 45.1 Å². The summed E-state index contributed by atoms with van der Waals surface area (Å²) in [6, 6.07) is 15.2. The van der Waals surface area contributed by atoms with Gasteiger partial charge in [-0.3, -0.25) is 0 Å². The zero-order valence-corrected chi connectivity index (χ0v) is 19.9. The number of ether oxygens (including phenoxy) is 1. The minimum atomic E-state index is -0.887. The van der Waals surface area contributed by atoms with Crippen molar-refractivity contribution in [2.75, 3.05) is 6.61 Å². The maximum absolute atomic E-state index is 14.9. The van der Waals surface area contributed by atoms with Crippen molar-refractivity contribution in [1.82, 2.24) is 0 Å². The third-order valence-electron chi connectivity index (χ3n) is 7.03. The van der Waals surface area contributed by atoms with Crippen molar-refractivity contribution in [1.29, 1.82) is 0 Å². The molecule has 1 nitrogen and oxygen atoms in total. The Labute approximate surface area is 205 Å². The Morgan fingerprint density at radius 3 is 2.23 bits per heavy atom. The fourth-order valence-electron chi connectivity index (χ4n) is 4.90. The van der Waals surface area contributed by atoms with Crippen molar-refractivity contribution in [2.24, 2.45) is 5.92 Å². The van der Waals surface area contributed by atoms with Gasteiger partial charge in [-0.1, -0.05) is 92.1 Å². The van der Waals surface area contributed by atoms with Crippen LogP contribution >= 0.6 is 0 Å². The molecule has 35 heavy (non-hydrogen) atoms. The molecule has 1 saturated heterocycles. The van der Waals surface area contributed by atoms with Crippen LogP contribution in [-0.2, 0) is 4.74 Å². The predicted octanol–water partition coefficient (Wildman–Crippen LogP) is 9.05. The fraction of sp³-hybridized carbons (Fsp3) is 0.290. The van der Waals surface area contributed by atoms with Gasteiger partial charge in [0.15, 0.2) is 11.6 Å². The number of epoxide rings is 1. The van der Waals surface area contributed by atoms with E-state index in [0.717, 1.165) is 24.3 Å². The van der Waals surface area contributed by atoms with Crippen molar-refractivity contribution in [3.8, 4) is 22.3 Å². The summed E-state index contributed by atoms with van der Waals surface area (Å²) in [5, 5.41) is 0. The molecule has 2 unspecified atom stereocenters. The van der Waals surface area contributed by atoms with E-state index in [0.29, 0.717) is 23.3 Å². The molecule has 0 saturated carbocycles. The minimum absolute atomic E-state index is 0.178. The van der Waals surface area contributed by atoms with E-state index in [9.17, 15) is 13.2 Å². The zero-order chi connectivity index (χ0) is 24.4. The zero-order valence-electron chi connectivity index (χ0n) is 19.9. The molecule has 1 aliphatic carbocycles. The van der Waals surface area contributed by atoms with Crippen molar-refractivity contribution in [3.63, 3.8) is 0 Å². The summed E-state index contributed by atoms with van der Waals surface area (Å²) in [6.07, 6.45) is 12.0. The molecule has 1 aliphatic heterocycles. The van der Waals surface area contributed by atoms with Gasteiger partial charge in [0, 0.05) is 16.7 Å². The van der Waals surface area contributed by atoms with Gasteiger partial charge in [0.1, 0.15) is 11.9 Å². The summed E-state index contributed by atoms with van der Waals surface area (Å²) in [5.74, 6) is -1.27. The van der Waals surface area contributed by atoms with Gasteiger partial charge in [-0.05, 0) is 47.9 Å². The molecular formula is C31H29F3O. The van der Waals surface area contributed by atoms with Gasteiger partial charge in [-0.15, -0.1) is 0 Å². The average molecular weight is 475 g/mol. The second-order valence-corrected chi connectivity index (χ2v) is 9.51. The number of hydrogen-bond acceptors (Lipinski definition) is 1. The molecule has 3 aromatic rings. The van der Waals surface area contributed by atoms with Gasteiger partial charge >= 0.3 is 0 Å². The second-order valence-electron chi connectivity index (χ2n) is 9.51. The summed E-state index contributed by atoms with van der Waals surface area (Å²) >= 11 is 0. The lowest BCUT2D eigenvalue weighted by molar-refractivity contribution is 0.401. The van der Waals surface area contributed by atoms with Crippen molar-refractivity contribution < 1.29 is 17.9 Å². The molecule has 180 valence electrons. The molecule has 3 aromatic carbocycles. The van der Waals surface area contributed by atoms with Crippen LogP contribution in [0.3, 0.4) is 0 Å². The molecule has 4 heteroatoms. The Kier molecular flexibility index (Phi) is 6.92. The summed E-state index contributed by atoms with van der Waals surface area (Å²) in [7, 11) is 0. The van der Waals surface area contributed by atoms with Gasteiger partial charge in [0.05, 0.1) is 6.61 Å². The normalized spacial score (nSPS) is 19.7. The molecular weight excluding hydrogens is 445 g/mol. The summed E-state index contributed by atoms with van der Waals surface area (Å²) in [4.78, 5) is 0. The van der Waals surface area contributed by atoms with Crippen LogP contribution in [0.4, 0.5) is 13.2 Å². The van der Waals surface area contributed by atoms with Crippen LogP contribution in [0.1, 0.15) is 56.3 Å². The van der Waals surface area contributed by atoms with Crippen LogP contribution in [0, 0.1) is 23.4 Å². The van der Waals surface area contributed by atoms with Crippen LogP contribution in [0.5, 0.6) is 0 Å². The highest BCUT2D eigenvalue weighted by molar-refractivity contribution is 5.72. The lowest BCUT2D eigenvalue weighted by Gasteiger charge is -2.19. The number of allylic oxidation sites excluding steroid dienone is 3. The number of benzene rings is 3. The number of rotatable bonds is 7. The first kappa shape index (κ1) is 23.6. The monoisotopic (exact) mass is 474 g/mol. The first-order valence-corrected chi connectivity index (χ1v) is 12.4. The van der Waals surface area contributed by atoms with E-state index in [1.807, 2.05) is 12.1 Å². The smallest absolute Gasteiger partial charge is 0.167 e. The molecule has 1 heterocycles. The lowest BCUT2D eigenvalue weighted by Crippen LogP contribution is -2.04. The third-order valence-corrected chi connectivity index (χ3v) is 7.03. The Bertz CT molecular complexity index is 1270. The molecule has 0 aromatic heterocycles. The topological polar surface area (TPSA) is 12.5 Å². The summed E-state index contributed by atoms with van der Waals surface area (Å²) in [6.45, 7) is 2.65. The average Bonchev–Trinajstić information content (AvgIpc) is 3.71. The van der Waals surface area contributed by atoms with Gasteiger partial charge in [-0.25, -0.2) is 13.2 Å². The molecule has 0 spiro atoms. The van der Waals surface area contributed by atoms with E-state index in [1.54, 1.807) is 42.5 Å². The van der Waals surface area contributed by atoms with Gasteiger partial charge in [-0.2, -0.15) is 0 Å². The third kappa shape index (κ3) is 5.28. The minimum Gasteiger partial charge on any atom is -0.368 e. The highest BCUT2D eigenvalue weighted by atomic mass is 19.2. The highest BCUT2D eigenvalue weighted by Gasteiger charge is 2.30. The number of halogens is 3. The standard InChI is InChI=1S/C31H29F3O/c1-2-3-20-4-6-21(7-5-20)8-9-22-10-15-25(28(32)18-22)23-11-13-24(14-12-23)26-16-17-27(29-19-35-29)31(34)30(26)33/h6,8-18,20,29H,2-5,7,19H2,1H3/b9-8+. The maximum atomic E-state index is 14.9. The van der Waals surface area contributed by atoms with Crippen LogP contribution in [-0.4, -0.2) is 6.61 Å². The maximum Gasteiger partial charge on any atom is 0.167 e. The SMILES string of the molecule is CCCC1CC=C(/C=C/c2ccc(-c3ccc(-c4ccc(C5CO5)c(F)c4F)cc3)c(F)c2)CC1. The molecule has 0 bridgehead atoms. The Morgan fingerprint density at radius 2 is 1.60 bits per heavy atom. The lowest BCUT2D eigenvalue weighted by atomic mass is 9.86. The molecule has 2 aliphatic rings. The van der Waals surface area contributed by atoms with Gasteiger partial charge < -0.3 is 4.74 Å². The van der Waals surface area contributed by atoms with E-state index >= 15 is 0 Å². The fourth-order valence-corrected chi connectivity index (χ4v) is 4.90. The Balaban J connectivity index is 1.30. The van der Waals surface area contributed by atoms with E-state index in [-0.39, 0.29) is 23.0 Å². The van der Waals surface area contributed by atoms with Gasteiger partial charge in [0.2, 0.25) is 0 Å². The Hall–Kier alpha value is -3.11.